The Bertz CT molecular complexity index is 530. The van der Waals surface area contributed by atoms with Crippen molar-refractivity contribution in [2.24, 2.45) is 11.0 Å². The van der Waals surface area contributed by atoms with E-state index in [2.05, 4.69) is 41.4 Å². The number of hydrogen-bond acceptors (Lipinski definition) is 3. The van der Waals surface area contributed by atoms with Gasteiger partial charge in [-0.1, -0.05) is 12.2 Å². The topological polar surface area (TPSA) is 44.7 Å². The van der Waals surface area contributed by atoms with Gasteiger partial charge in [-0.05, 0) is 63.3 Å². The molecule has 0 radical (unpaired) electrons. The zero-order valence-electron chi connectivity index (χ0n) is 13.5. The number of allylic oxidation sites excluding steroid dienone is 2. The van der Waals surface area contributed by atoms with Gasteiger partial charge in [-0.25, -0.2) is 5.43 Å². The molecule has 22 heavy (non-hydrogen) atoms. The van der Waals surface area contributed by atoms with Gasteiger partial charge in [0.25, 0.3) is 5.91 Å². The molecule has 1 aromatic rings. The Morgan fingerprint density at radius 2 is 2.00 bits per heavy atom. The molecule has 1 aliphatic carbocycles. The third-order valence-electron chi connectivity index (χ3n) is 4.02. The van der Waals surface area contributed by atoms with Crippen molar-refractivity contribution >= 4 is 17.8 Å². The minimum Gasteiger partial charge on any atom is -0.372 e. The molecule has 1 N–H and O–H groups in total. The van der Waals surface area contributed by atoms with Crippen molar-refractivity contribution in [2.75, 3.05) is 18.0 Å². The number of amides is 1. The van der Waals surface area contributed by atoms with Gasteiger partial charge in [0.05, 0.1) is 0 Å². The van der Waals surface area contributed by atoms with Gasteiger partial charge in [0.2, 0.25) is 0 Å². The third-order valence-corrected chi connectivity index (χ3v) is 4.02. The van der Waals surface area contributed by atoms with E-state index in [1.54, 1.807) is 0 Å². The zero-order chi connectivity index (χ0) is 15.8. The Labute approximate surface area is 132 Å². The lowest BCUT2D eigenvalue weighted by atomic mass is 9.96. The normalized spacial score (nSPS) is 17.6. The number of carbonyl (C=O) groups excluding carboxylic acids is 1. The van der Waals surface area contributed by atoms with Crippen LogP contribution in [0.2, 0.25) is 0 Å². The average molecular weight is 299 g/mol. The predicted molar refractivity (Wildman–Crippen MR) is 92.4 cm³/mol. The van der Waals surface area contributed by atoms with Crippen LogP contribution in [-0.4, -0.2) is 25.2 Å². The monoisotopic (exact) mass is 299 g/mol. The number of hydrogen-bond donors (Lipinski definition) is 1. The van der Waals surface area contributed by atoms with Crippen LogP contribution in [0.1, 0.15) is 43.5 Å². The molecule has 0 spiro atoms. The molecule has 0 aromatic heterocycles. The summed E-state index contributed by atoms with van der Waals surface area (Å²) in [7, 11) is 0. The van der Waals surface area contributed by atoms with Crippen LogP contribution in [0.4, 0.5) is 5.69 Å². The van der Waals surface area contributed by atoms with E-state index < -0.39 is 0 Å². The summed E-state index contributed by atoms with van der Waals surface area (Å²) in [6, 6.07) is 7.67. The van der Waals surface area contributed by atoms with Gasteiger partial charge in [-0.3, -0.25) is 4.79 Å². The molecule has 0 aliphatic heterocycles. The maximum atomic E-state index is 12.1. The number of rotatable bonds is 6. The summed E-state index contributed by atoms with van der Waals surface area (Å²) in [4.78, 5) is 14.3. The fourth-order valence-corrected chi connectivity index (χ4v) is 2.63. The largest absolute Gasteiger partial charge is 0.372 e. The van der Waals surface area contributed by atoms with Crippen molar-refractivity contribution in [2.45, 2.75) is 33.1 Å². The standard InChI is InChI=1S/C18H25N3O/c1-3-21(4-2)17-12-10-16(11-13-17)18(22)20-19-14-15-8-6-5-7-9-15/h5-6,10-15H,3-4,7-9H2,1-2H3,(H,20,22)/b19-14+. The van der Waals surface area contributed by atoms with E-state index in [-0.39, 0.29) is 5.91 Å². The molecule has 1 atom stereocenters. The SMILES string of the molecule is CCN(CC)c1ccc(C(=O)N/N=C/C2CC=CCC2)cc1. The summed E-state index contributed by atoms with van der Waals surface area (Å²) in [5.41, 5.74) is 4.39. The molecule has 2 rings (SSSR count). The Kier molecular flexibility index (Phi) is 6.19. The quantitative estimate of drug-likeness (QED) is 0.495. The van der Waals surface area contributed by atoms with E-state index >= 15 is 0 Å². The molecule has 0 fully saturated rings. The number of nitrogens with one attached hydrogen (secondary N) is 1. The van der Waals surface area contributed by atoms with Gasteiger partial charge in [0.15, 0.2) is 0 Å². The van der Waals surface area contributed by atoms with Crippen molar-refractivity contribution in [3.8, 4) is 0 Å². The number of anilines is 1. The minimum atomic E-state index is -0.159. The van der Waals surface area contributed by atoms with Crippen LogP contribution in [-0.2, 0) is 0 Å². The van der Waals surface area contributed by atoms with E-state index in [0.717, 1.165) is 38.0 Å². The summed E-state index contributed by atoms with van der Waals surface area (Å²) in [5.74, 6) is 0.282. The highest BCUT2D eigenvalue weighted by atomic mass is 16.2. The van der Waals surface area contributed by atoms with Crippen LogP contribution >= 0.6 is 0 Å². The van der Waals surface area contributed by atoms with E-state index in [1.165, 1.54) is 0 Å². The molecule has 0 heterocycles. The van der Waals surface area contributed by atoms with Crippen LogP contribution in [0.25, 0.3) is 0 Å². The molecule has 118 valence electrons. The van der Waals surface area contributed by atoms with Gasteiger partial charge in [-0.2, -0.15) is 5.10 Å². The highest BCUT2D eigenvalue weighted by Gasteiger charge is 2.08. The van der Waals surface area contributed by atoms with E-state index in [0.29, 0.717) is 11.5 Å². The second-order valence-electron chi connectivity index (χ2n) is 5.48. The summed E-state index contributed by atoms with van der Waals surface area (Å²) in [6.07, 6.45) is 9.43. The first-order valence-electron chi connectivity index (χ1n) is 8.08. The number of carbonyl (C=O) groups is 1. The van der Waals surface area contributed by atoms with Crippen molar-refractivity contribution in [1.29, 1.82) is 0 Å². The molecule has 4 heteroatoms. The Morgan fingerprint density at radius 1 is 1.27 bits per heavy atom. The van der Waals surface area contributed by atoms with Crippen molar-refractivity contribution < 1.29 is 4.79 Å². The third kappa shape index (κ3) is 4.45. The Balaban J connectivity index is 1.89. The first-order chi connectivity index (χ1) is 10.7. The second-order valence-corrected chi connectivity index (χ2v) is 5.48. The molecular weight excluding hydrogens is 274 g/mol. The van der Waals surface area contributed by atoms with Crippen LogP contribution in [0.15, 0.2) is 41.5 Å². The van der Waals surface area contributed by atoms with Crippen molar-refractivity contribution in [3.05, 3.63) is 42.0 Å². The molecule has 1 aromatic carbocycles. The summed E-state index contributed by atoms with van der Waals surface area (Å²) in [5, 5.41) is 4.09. The molecule has 1 amide bonds. The van der Waals surface area contributed by atoms with Crippen LogP contribution in [0.5, 0.6) is 0 Å². The molecule has 1 unspecified atom stereocenters. The van der Waals surface area contributed by atoms with Crippen LogP contribution in [0.3, 0.4) is 0 Å². The maximum Gasteiger partial charge on any atom is 0.271 e. The molecule has 1 aliphatic rings. The van der Waals surface area contributed by atoms with Gasteiger partial charge < -0.3 is 4.90 Å². The number of hydrazone groups is 1. The fraction of sp³-hybridized carbons (Fsp3) is 0.444. The van der Waals surface area contributed by atoms with Crippen molar-refractivity contribution in [3.63, 3.8) is 0 Å². The smallest absolute Gasteiger partial charge is 0.271 e. The predicted octanol–water partition coefficient (Wildman–Crippen LogP) is 3.60. The second kappa shape index (κ2) is 8.37. The Morgan fingerprint density at radius 3 is 2.59 bits per heavy atom. The number of nitrogens with zero attached hydrogens (tertiary/aromatic N) is 2. The zero-order valence-corrected chi connectivity index (χ0v) is 13.5. The maximum absolute atomic E-state index is 12.1. The fourth-order valence-electron chi connectivity index (χ4n) is 2.63. The summed E-state index contributed by atoms with van der Waals surface area (Å²) < 4.78 is 0. The van der Waals surface area contributed by atoms with Crippen LogP contribution < -0.4 is 10.3 Å². The molecule has 4 nitrogen and oxygen atoms in total. The first-order valence-corrected chi connectivity index (χ1v) is 8.08. The molecule has 0 saturated carbocycles. The minimum absolute atomic E-state index is 0.159. The van der Waals surface area contributed by atoms with E-state index in [9.17, 15) is 4.79 Å². The molecule has 0 saturated heterocycles. The van der Waals surface area contributed by atoms with Gasteiger partial charge >= 0.3 is 0 Å². The van der Waals surface area contributed by atoms with Crippen molar-refractivity contribution in [1.82, 2.24) is 5.43 Å². The highest BCUT2D eigenvalue weighted by molar-refractivity contribution is 5.94. The van der Waals surface area contributed by atoms with Gasteiger partial charge in [-0.15, -0.1) is 0 Å². The molecule has 0 bridgehead atoms. The Hall–Kier alpha value is -2.10. The lowest BCUT2D eigenvalue weighted by Crippen LogP contribution is -2.22. The van der Waals surface area contributed by atoms with E-state index in [4.69, 9.17) is 0 Å². The van der Waals surface area contributed by atoms with Crippen LogP contribution in [0, 0.1) is 5.92 Å². The lowest BCUT2D eigenvalue weighted by molar-refractivity contribution is 0.0955. The molecular formula is C18H25N3O. The average Bonchev–Trinajstić information content (AvgIpc) is 2.57. The van der Waals surface area contributed by atoms with E-state index in [1.807, 2.05) is 30.5 Å². The summed E-state index contributed by atoms with van der Waals surface area (Å²) in [6.45, 7) is 6.17. The number of benzene rings is 1. The first kappa shape index (κ1) is 16.3. The summed E-state index contributed by atoms with van der Waals surface area (Å²) >= 11 is 0. The van der Waals surface area contributed by atoms with Gasteiger partial charge in [0, 0.05) is 30.6 Å². The van der Waals surface area contributed by atoms with Gasteiger partial charge in [0.1, 0.15) is 0 Å². The lowest BCUT2D eigenvalue weighted by Gasteiger charge is -2.20. The highest BCUT2D eigenvalue weighted by Crippen LogP contribution is 2.16.